The molecule has 0 aliphatic rings. The average molecular weight is 450 g/mol. The topological polar surface area (TPSA) is 79.4 Å². The van der Waals surface area contributed by atoms with Crippen molar-refractivity contribution in [3.05, 3.63) is 88.2 Å². The number of sulfonamides is 1. The highest BCUT2D eigenvalue weighted by atomic mass is 35.5. The van der Waals surface area contributed by atoms with E-state index >= 15 is 0 Å². The molecule has 0 unspecified atom stereocenters. The number of nitrogens with zero attached hydrogens (tertiary/aromatic N) is 2. The smallest absolute Gasteiger partial charge is 0.264 e. The van der Waals surface area contributed by atoms with Crippen molar-refractivity contribution in [2.24, 2.45) is 0 Å². The molecule has 0 fully saturated rings. The second-order valence-electron chi connectivity index (χ2n) is 6.13. The van der Waals surface area contributed by atoms with Gasteiger partial charge in [-0.2, -0.15) is 0 Å². The summed E-state index contributed by atoms with van der Waals surface area (Å²) in [4.78, 5) is 16.6. The van der Waals surface area contributed by atoms with Crippen LogP contribution in [-0.4, -0.2) is 26.4 Å². The van der Waals surface area contributed by atoms with E-state index in [0.717, 1.165) is 9.87 Å². The van der Waals surface area contributed by atoms with Crippen LogP contribution in [0, 0.1) is 0 Å². The number of pyridine rings is 1. The number of aromatic nitrogens is 1. The summed E-state index contributed by atoms with van der Waals surface area (Å²) in [5.74, 6) is -0.419. The minimum Gasteiger partial charge on any atom is -0.348 e. The van der Waals surface area contributed by atoms with E-state index in [0.29, 0.717) is 10.7 Å². The SMILES string of the molecule is CN(c1ccc(Cl)c(C(=O)NCc2cccnc2)c1)S(=O)(=O)c1ccc(Cl)cc1. The molecule has 0 bridgehead atoms. The molecule has 6 nitrogen and oxygen atoms in total. The molecular weight excluding hydrogens is 433 g/mol. The Morgan fingerprint density at radius 2 is 1.83 bits per heavy atom. The summed E-state index contributed by atoms with van der Waals surface area (Å²) in [7, 11) is -2.42. The monoisotopic (exact) mass is 449 g/mol. The van der Waals surface area contributed by atoms with Gasteiger partial charge in [-0.1, -0.05) is 29.3 Å². The van der Waals surface area contributed by atoms with Gasteiger partial charge in [0.05, 0.1) is 21.2 Å². The summed E-state index contributed by atoms with van der Waals surface area (Å²) in [6, 6.07) is 13.9. The maximum absolute atomic E-state index is 12.9. The normalized spacial score (nSPS) is 11.1. The van der Waals surface area contributed by atoms with Crippen LogP contribution in [0.1, 0.15) is 15.9 Å². The third kappa shape index (κ3) is 4.87. The van der Waals surface area contributed by atoms with Gasteiger partial charge in [0.2, 0.25) is 0 Å². The first-order valence-electron chi connectivity index (χ1n) is 8.50. The molecule has 1 N–H and O–H groups in total. The second kappa shape index (κ2) is 8.82. The lowest BCUT2D eigenvalue weighted by molar-refractivity contribution is 0.0951. The number of anilines is 1. The highest BCUT2D eigenvalue weighted by molar-refractivity contribution is 7.92. The van der Waals surface area contributed by atoms with Gasteiger partial charge in [-0.25, -0.2) is 8.42 Å². The van der Waals surface area contributed by atoms with E-state index in [1.165, 1.54) is 49.5 Å². The van der Waals surface area contributed by atoms with Gasteiger partial charge >= 0.3 is 0 Å². The molecule has 150 valence electrons. The fraction of sp³-hybridized carbons (Fsp3) is 0.100. The van der Waals surface area contributed by atoms with Crippen molar-refractivity contribution in [3.8, 4) is 0 Å². The molecule has 0 saturated carbocycles. The summed E-state index contributed by atoms with van der Waals surface area (Å²) in [5.41, 5.74) is 1.30. The van der Waals surface area contributed by atoms with Gasteiger partial charge in [-0.15, -0.1) is 0 Å². The highest BCUT2D eigenvalue weighted by Crippen LogP contribution is 2.27. The third-order valence-corrected chi connectivity index (χ3v) is 6.59. The Bertz CT molecular complexity index is 1120. The van der Waals surface area contributed by atoms with Gasteiger partial charge in [0.1, 0.15) is 0 Å². The predicted octanol–water partition coefficient (Wildman–Crippen LogP) is 4.14. The number of hydrogen-bond donors (Lipinski definition) is 1. The van der Waals surface area contributed by atoms with Crippen molar-refractivity contribution in [2.45, 2.75) is 11.4 Å². The molecule has 9 heteroatoms. The quantitative estimate of drug-likeness (QED) is 0.612. The zero-order valence-electron chi connectivity index (χ0n) is 15.3. The van der Waals surface area contributed by atoms with Crippen LogP contribution in [0.25, 0.3) is 0 Å². The second-order valence-corrected chi connectivity index (χ2v) is 8.95. The van der Waals surface area contributed by atoms with Crippen molar-refractivity contribution >= 4 is 44.8 Å². The van der Waals surface area contributed by atoms with Gasteiger partial charge < -0.3 is 5.32 Å². The number of halogens is 2. The number of hydrogen-bond acceptors (Lipinski definition) is 4. The van der Waals surface area contributed by atoms with Gasteiger partial charge in [0, 0.05) is 31.0 Å². The van der Waals surface area contributed by atoms with Crippen molar-refractivity contribution in [2.75, 3.05) is 11.4 Å². The van der Waals surface area contributed by atoms with E-state index in [9.17, 15) is 13.2 Å². The van der Waals surface area contributed by atoms with Crippen LogP contribution in [0.3, 0.4) is 0 Å². The molecule has 0 saturated heterocycles. The summed E-state index contributed by atoms with van der Waals surface area (Å²) in [6.07, 6.45) is 3.29. The van der Waals surface area contributed by atoms with Crippen molar-refractivity contribution in [1.29, 1.82) is 0 Å². The van der Waals surface area contributed by atoms with Gasteiger partial charge in [0.15, 0.2) is 0 Å². The van der Waals surface area contributed by atoms with E-state index in [1.807, 2.05) is 6.07 Å². The van der Waals surface area contributed by atoms with Gasteiger partial charge in [-0.3, -0.25) is 14.1 Å². The first-order chi connectivity index (χ1) is 13.8. The number of amides is 1. The van der Waals surface area contributed by atoms with Gasteiger partial charge in [-0.05, 0) is 54.1 Å². The molecular formula is C20H17Cl2N3O3S. The van der Waals surface area contributed by atoms with Crippen LogP contribution in [0.2, 0.25) is 10.0 Å². The molecule has 0 radical (unpaired) electrons. The van der Waals surface area contributed by atoms with Crippen molar-refractivity contribution in [1.82, 2.24) is 10.3 Å². The minimum absolute atomic E-state index is 0.0851. The average Bonchev–Trinajstić information content (AvgIpc) is 2.73. The number of benzene rings is 2. The molecule has 0 aliphatic heterocycles. The van der Waals surface area contributed by atoms with Crippen LogP contribution in [0.4, 0.5) is 5.69 Å². The molecule has 29 heavy (non-hydrogen) atoms. The lowest BCUT2D eigenvalue weighted by Gasteiger charge is -2.20. The Balaban J connectivity index is 1.84. The molecule has 0 spiro atoms. The molecule has 0 atom stereocenters. The zero-order chi connectivity index (χ0) is 21.0. The van der Waals surface area contributed by atoms with Gasteiger partial charge in [0.25, 0.3) is 15.9 Å². The lowest BCUT2D eigenvalue weighted by atomic mass is 10.1. The summed E-state index contributed by atoms with van der Waals surface area (Å²) in [6.45, 7) is 0.270. The first-order valence-corrected chi connectivity index (χ1v) is 10.7. The standard InChI is InChI=1S/C20H17Cl2N3O3S/c1-25(29(27,28)17-7-4-15(21)5-8-17)16-6-9-19(22)18(11-16)20(26)24-13-14-3-2-10-23-12-14/h2-12H,13H2,1H3,(H,24,26). The molecule has 1 amide bonds. The van der Waals surface area contributed by atoms with Crippen molar-refractivity contribution < 1.29 is 13.2 Å². The Kier molecular flexibility index (Phi) is 6.42. The molecule has 1 heterocycles. The Morgan fingerprint density at radius 3 is 2.48 bits per heavy atom. The van der Waals surface area contributed by atoms with Crippen LogP contribution < -0.4 is 9.62 Å². The largest absolute Gasteiger partial charge is 0.348 e. The highest BCUT2D eigenvalue weighted by Gasteiger charge is 2.23. The van der Waals surface area contributed by atoms with Crippen LogP contribution in [0.15, 0.2) is 71.9 Å². The number of rotatable bonds is 6. The van der Waals surface area contributed by atoms with Crippen molar-refractivity contribution in [3.63, 3.8) is 0 Å². The number of carbonyl (C=O) groups is 1. The Labute approximate surface area is 179 Å². The fourth-order valence-electron chi connectivity index (χ4n) is 2.57. The molecule has 0 aliphatic carbocycles. The van der Waals surface area contributed by atoms with E-state index in [2.05, 4.69) is 10.3 Å². The molecule has 1 aromatic heterocycles. The summed E-state index contributed by atoms with van der Waals surface area (Å²) in [5, 5.41) is 3.41. The van der Waals surface area contributed by atoms with Crippen LogP contribution in [-0.2, 0) is 16.6 Å². The minimum atomic E-state index is -3.83. The molecule has 3 aromatic rings. The van der Waals surface area contributed by atoms with Crippen LogP contribution >= 0.6 is 23.2 Å². The van der Waals surface area contributed by atoms with E-state index in [-0.39, 0.29) is 22.0 Å². The van der Waals surface area contributed by atoms with Crippen LogP contribution in [0.5, 0.6) is 0 Å². The predicted molar refractivity (Wildman–Crippen MR) is 114 cm³/mol. The number of carbonyl (C=O) groups excluding carboxylic acids is 1. The summed E-state index contributed by atoms with van der Waals surface area (Å²) < 4.78 is 26.8. The first kappa shape index (κ1) is 21.1. The van der Waals surface area contributed by atoms with E-state index in [1.54, 1.807) is 18.5 Å². The maximum atomic E-state index is 12.9. The zero-order valence-corrected chi connectivity index (χ0v) is 17.7. The summed E-state index contributed by atoms with van der Waals surface area (Å²) >= 11 is 12.0. The van der Waals surface area contributed by atoms with E-state index < -0.39 is 15.9 Å². The lowest BCUT2D eigenvalue weighted by Crippen LogP contribution is -2.27. The fourth-order valence-corrected chi connectivity index (χ4v) is 4.08. The number of nitrogens with one attached hydrogen (secondary N) is 1. The maximum Gasteiger partial charge on any atom is 0.264 e. The third-order valence-electron chi connectivity index (χ3n) is 4.21. The van der Waals surface area contributed by atoms with E-state index in [4.69, 9.17) is 23.2 Å². The molecule has 3 rings (SSSR count). The Hall–Kier alpha value is -2.61. The molecule has 2 aromatic carbocycles. The Morgan fingerprint density at radius 1 is 1.10 bits per heavy atom.